The molecule has 0 aromatic carbocycles. The molecule has 1 aliphatic carbocycles. The van der Waals surface area contributed by atoms with Gasteiger partial charge in [-0.1, -0.05) is 6.42 Å². The first-order chi connectivity index (χ1) is 17.2. The van der Waals surface area contributed by atoms with Gasteiger partial charge < -0.3 is 14.6 Å². The molecule has 9 nitrogen and oxygen atoms in total. The summed E-state index contributed by atoms with van der Waals surface area (Å²) in [5.41, 5.74) is 5.23. The Hall–Kier alpha value is -1.96. The van der Waals surface area contributed by atoms with Crippen molar-refractivity contribution in [3.8, 4) is 0 Å². The van der Waals surface area contributed by atoms with Crippen LogP contribution in [0.25, 0.3) is 5.52 Å². The van der Waals surface area contributed by atoms with Gasteiger partial charge in [-0.25, -0.2) is 15.6 Å². The minimum atomic E-state index is -4.62. The molecule has 36 heavy (non-hydrogen) atoms. The second-order valence-corrected chi connectivity index (χ2v) is 10.4. The Labute approximate surface area is 207 Å². The number of alkyl halides is 3. The Morgan fingerprint density at radius 2 is 2.08 bits per heavy atom. The van der Waals surface area contributed by atoms with Crippen LogP contribution in [0.15, 0.2) is 23.3 Å². The number of pyridine rings is 1. The van der Waals surface area contributed by atoms with Gasteiger partial charge in [0.1, 0.15) is 0 Å². The Morgan fingerprint density at radius 3 is 2.72 bits per heavy atom. The van der Waals surface area contributed by atoms with Gasteiger partial charge in [0, 0.05) is 23.9 Å². The van der Waals surface area contributed by atoms with E-state index in [4.69, 9.17) is 14.6 Å². The molecule has 2 aromatic rings. The van der Waals surface area contributed by atoms with Crippen molar-refractivity contribution in [3.05, 3.63) is 40.1 Å². The number of hydrogen-bond donors (Lipinski definition) is 3. The van der Waals surface area contributed by atoms with Crippen LogP contribution in [0.5, 0.6) is 0 Å². The zero-order valence-electron chi connectivity index (χ0n) is 20.4. The molecule has 3 fully saturated rings. The fourth-order valence-electron chi connectivity index (χ4n) is 6.04. The molecule has 4 heterocycles. The molecule has 2 aromatic heterocycles. The normalized spacial score (nSPS) is 27.0. The lowest BCUT2D eigenvalue weighted by Crippen LogP contribution is -2.54. The van der Waals surface area contributed by atoms with Gasteiger partial charge in [-0.3, -0.25) is 13.9 Å². The summed E-state index contributed by atoms with van der Waals surface area (Å²) in [6.07, 6.45) is 2.69. The zero-order valence-corrected chi connectivity index (χ0v) is 20.4. The van der Waals surface area contributed by atoms with E-state index in [9.17, 15) is 18.0 Å². The number of aliphatic hydroxyl groups is 1. The van der Waals surface area contributed by atoms with E-state index in [1.807, 2.05) is 0 Å². The third-order valence-electron chi connectivity index (χ3n) is 8.07. The summed E-state index contributed by atoms with van der Waals surface area (Å²) in [5.74, 6) is 0.320. The molecule has 2 saturated heterocycles. The number of aromatic nitrogens is 2. The molecule has 3 unspecified atom stereocenters. The van der Waals surface area contributed by atoms with Crippen molar-refractivity contribution in [1.29, 1.82) is 0 Å². The van der Waals surface area contributed by atoms with Crippen LogP contribution in [0.3, 0.4) is 0 Å². The predicted octanol–water partition coefficient (Wildman–Crippen LogP) is 2.09. The number of nitrogens with one attached hydrogen (secondary N) is 2. The quantitative estimate of drug-likeness (QED) is 0.466. The molecule has 200 valence electrons. The molecule has 3 N–H and O–H groups in total. The maximum atomic E-state index is 13.9. The Kier molecular flexibility index (Phi) is 7.18. The van der Waals surface area contributed by atoms with E-state index >= 15 is 0 Å². The second kappa shape index (κ2) is 10.1. The van der Waals surface area contributed by atoms with Crippen molar-refractivity contribution in [2.75, 3.05) is 40.1 Å². The van der Waals surface area contributed by atoms with Gasteiger partial charge in [0.2, 0.25) is 0 Å². The summed E-state index contributed by atoms with van der Waals surface area (Å²) in [6.45, 7) is 1.74. The first kappa shape index (κ1) is 25.7. The van der Waals surface area contributed by atoms with Gasteiger partial charge in [-0.2, -0.15) is 13.2 Å². The number of hydrazine groups is 1. The molecule has 3 aliphatic rings. The number of rotatable bonds is 8. The molecule has 0 spiro atoms. The highest BCUT2D eigenvalue weighted by molar-refractivity contribution is 5.56. The summed E-state index contributed by atoms with van der Waals surface area (Å²) in [5, 5.41) is 8.90. The monoisotopic (exact) mass is 513 g/mol. The van der Waals surface area contributed by atoms with E-state index in [-0.39, 0.29) is 48.5 Å². The summed E-state index contributed by atoms with van der Waals surface area (Å²) in [6, 6.07) is 0.858. The van der Waals surface area contributed by atoms with Crippen LogP contribution in [0.4, 0.5) is 13.2 Å². The van der Waals surface area contributed by atoms with Crippen LogP contribution in [-0.2, 0) is 22.3 Å². The molecular weight excluding hydrogens is 479 g/mol. The Morgan fingerprint density at radius 1 is 1.28 bits per heavy atom. The number of nitrogens with zero attached hydrogens (tertiary/aromatic N) is 3. The van der Waals surface area contributed by atoms with E-state index in [2.05, 4.69) is 22.8 Å². The van der Waals surface area contributed by atoms with Crippen LogP contribution in [0.1, 0.15) is 49.3 Å². The molecular formula is C24H34F3N5O4. The van der Waals surface area contributed by atoms with Crippen molar-refractivity contribution in [2.24, 2.45) is 11.3 Å². The van der Waals surface area contributed by atoms with Gasteiger partial charge >= 0.3 is 11.9 Å². The lowest BCUT2D eigenvalue weighted by Gasteiger charge is -2.51. The molecule has 1 saturated carbocycles. The summed E-state index contributed by atoms with van der Waals surface area (Å²) >= 11 is 0. The molecule has 0 amide bonds. The smallest absolute Gasteiger partial charge is 0.394 e. The highest BCUT2D eigenvalue weighted by Gasteiger charge is 2.49. The average molecular weight is 514 g/mol. The molecule has 0 bridgehead atoms. The Balaban J connectivity index is 1.43. The standard InChI is InChI=1S/C24H34F3N5O4/c1-30-15-28-29-21(30)9-23(13-36-14-23)17-3-2-4-18(8-17)31-11-20-19(24(25,26)27)7-16(12-35-6-5-33)10-32(20)22(31)34/h7,10-11,17-18,21,28-29,33H,2-6,8-9,12-15H2,1H3. The SMILES string of the molecule is CN1CNNC1CC1(C2CCCC(n3cc4c(C(F)(F)F)cc(COCCO)cn4c3=O)C2)COC1. The van der Waals surface area contributed by atoms with Gasteiger partial charge in [-0.05, 0) is 50.3 Å². The number of ether oxygens (including phenoxy) is 2. The van der Waals surface area contributed by atoms with Crippen LogP contribution in [0, 0.1) is 11.3 Å². The van der Waals surface area contributed by atoms with Crippen LogP contribution >= 0.6 is 0 Å². The van der Waals surface area contributed by atoms with E-state index in [1.54, 1.807) is 0 Å². The number of halogens is 3. The maximum Gasteiger partial charge on any atom is 0.418 e. The minimum absolute atomic E-state index is 0.00622. The molecule has 3 atom stereocenters. The van der Waals surface area contributed by atoms with E-state index in [1.165, 1.54) is 17.0 Å². The van der Waals surface area contributed by atoms with Crippen LogP contribution < -0.4 is 16.5 Å². The van der Waals surface area contributed by atoms with Crippen LogP contribution in [0.2, 0.25) is 0 Å². The third kappa shape index (κ3) is 4.82. The minimum Gasteiger partial charge on any atom is -0.394 e. The van der Waals surface area contributed by atoms with Crippen molar-refractivity contribution in [2.45, 2.75) is 57.1 Å². The second-order valence-electron chi connectivity index (χ2n) is 10.4. The Bertz CT molecular complexity index is 1130. The van der Waals surface area contributed by atoms with E-state index in [0.717, 1.165) is 49.2 Å². The van der Waals surface area contributed by atoms with Crippen LogP contribution in [-0.4, -0.2) is 65.3 Å². The molecule has 5 rings (SSSR count). The first-order valence-corrected chi connectivity index (χ1v) is 12.5. The fourth-order valence-corrected chi connectivity index (χ4v) is 6.04. The number of fused-ring (bicyclic) bond motifs is 1. The summed E-state index contributed by atoms with van der Waals surface area (Å²) < 4.78 is 55.3. The zero-order chi connectivity index (χ0) is 25.5. The first-order valence-electron chi connectivity index (χ1n) is 12.5. The topological polar surface area (TPSA) is 92.4 Å². The van der Waals surface area contributed by atoms with Gasteiger partial charge in [0.15, 0.2) is 0 Å². The average Bonchev–Trinajstić information content (AvgIpc) is 3.38. The van der Waals surface area contributed by atoms with Gasteiger partial charge in [0.05, 0.1) is 56.9 Å². The fraction of sp³-hybridized carbons (Fsp3) is 0.708. The number of hydrogen-bond acceptors (Lipinski definition) is 7. The van der Waals surface area contributed by atoms with Crippen molar-refractivity contribution in [1.82, 2.24) is 24.7 Å². The molecule has 2 aliphatic heterocycles. The van der Waals surface area contributed by atoms with E-state index < -0.39 is 17.4 Å². The molecule has 0 radical (unpaired) electrons. The van der Waals surface area contributed by atoms with Crippen molar-refractivity contribution < 1.29 is 27.8 Å². The highest BCUT2D eigenvalue weighted by Crippen LogP contribution is 2.49. The van der Waals surface area contributed by atoms with E-state index in [0.29, 0.717) is 19.1 Å². The van der Waals surface area contributed by atoms with Crippen molar-refractivity contribution >= 4 is 5.52 Å². The lowest BCUT2D eigenvalue weighted by molar-refractivity contribution is -0.167. The van der Waals surface area contributed by atoms with Crippen molar-refractivity contribution in [3.63, 3.8) is 0 Å². The largest absolute Gasteiger partial charge is 0.418 e. The third-order valence-corrected chi connectivity index (χ3v) is 8.07. The number of imidazole rings is 1. The summed E-state index contributed by atoms with van der Waals surface area (Å²) in [7, 11) is 2.06. The molecule has 12 heteroatoms. The summed E-state index contributed by atoms with van der Waals surface area (Å²) in [4.78, 5) is 15.6. The van der Waals surface area contributed by atoms with Gasteiger partial charge in [0.25, 0.3) is 0 Å². The predicted molar refractivity (Wildman–Crippen MR) is 125 cm³/mol. The lowest BCUT2D eigenvalue weighted by atomic mass is 9.64. The maximum absolute atomic E-state index is 13.9. The van der Waals surface area contributed by atoms with Gasteiger partial charge in [-0.15, -0.1) is 0 Å². The number of aliphatic hydroxyl groups excluding tert-OH is 1. The highest BCUT2D eigenvalue weighted by atomic mass is 19.4.